The van der Waals surface area contributed by atoms with E-state index < -0.39 is 0 Å². The molecule has 0 fully saturated rings. The van der Waals surface area contributed by atoms with E-state index in [-0.39, 0.29) is 12.2 Å². The summed E-state index contributed by atoms with van der Waals surface area (Å²) < 4.78 is 10.5. The molecule has 0 spiro atoms. The van der Waals surface area contributed by atoms with E-state index in [9.17, 15) is 4.79 Å². The maximum Gasteiger partial charge on any atom is 0.311 e. The molecule has 1 aromatic carbocycles. The van der Waals surface area contributed by atoms with E-state index in [4.69, 9.17) is 15.2 Å². The zero-order valence-electron chi connectivity index (χ0n) is 9.23. The number of hydrogen-bond donors (Lipinski definition) is 1. The SMILES string of the molecule is CCCC(=O)Oc1ccc2c(c1)OC(N)C2. The van der Waals surface area contributed by atoms with Crippen LogP contribution in [0.3, 0.4) is 0 Å². The second-order valence-corrected chi connectivity index (χ2v) is 3.85. The van der Waals surface area contributed by atoms with Crippen molar-refractivity contribution in [2.45, 2.75) is 32.4 Å². The lowest BCUT2D eigenvalue weighted by atomic mass is 10.1. The molecule has 2 rings (SSSR count). The highest BCUT2D eigenvalue weighted by Gasteiger charge is 2.20. The topological polar surface area (TPSA) is 61.5 Å². The van der Waals surface area contributed by atoms with Gasteiger partial charge in [-0.15, -0.1) is 0 Å². The number of rotatable bonds is 3. The van der Waals surface area contributed by atoms with Gasteiger partial charge >= 0.3 is 5.97 Å². The zero-order chi connectivity index (χ0) is 11.5. The lowest BCUT2D eigenvalue weighted by Gasteiger charge is -2.06. The van der Waals surface area contributed by atoms with Gasteiger partial charge < -0.3 is 9.47 Å². The zero-order valence-corrected chi connectivity index (χ0v) is 9.23. The van der Waals surface area contributed by atoms with E-state index in [2.05, 4.69) is 0 Å². The summed E-state index contributed by atoms with van der Waals surface area (Å²) in [5.74, 6) is 1.02. The van der Waals surface area contributed by atoms with Crippen LogP contribution in [0.25, 0.3) is 0 Å². The Bertz CT molecular complexity index is 403. The summed E-state index contributed by atoms with van der Waals surface area (Å²) >= 11 is 0. The fourth-order valence-corrected chi connectivity index (χ4v) is 1.68. The summed E-state index contributed by atoms with van der Waals surface area (Å²) in [7, 11) is 0. The molecule has 1 aromatic rings. The Balaban J connectivity index is 2.08. The Hall–Kier alpha value is -1.55. The molecule has 0 radical (unpaired) electrons. The maximum absolute atomic E-state index is 11.3. The molecular weight excluding hydrogens is 206 g/mol. The van der Waals surface area contributed by atoms with Gasteiger partial charge in [0, 0.05) is 18.9 Å². The molecule has 1 atom stereocenters. The smallest absolute Gasteiger partial charge is 0.311 e. The predicted molar refractivity (Wildman–Crippen MR) is 59.3 cm³/mol. The molecule has 1 aliphatic rings. The Kier molecular flexibility index (Phi) is 3.10. The van der Waals surface area contributed by atoms with Gasteiger partial charge in [-0.2, -0.15) is 0 Å². The van der Waals surface area contributed by atoms with E-state index in [0.29, 0.717) is 24.3 Å². The number of esters is 1. The second kappa shape index (κ2) is 4.53. The molecule has 86 valence electrons. The van der Waals surface area contributed by atoms with Gasteiger partial charge in [0.15, 0.2) is 6.23 Å². The molecule has 0 bridgehead atoms. The largest absolute Gasteiger partial charge is 0.475 e. The normalized spacial score (nSPS) is 17.8. The molecule has 0 saturated heterocycles. The minimum Gasteiger partial charge on any atom is -0.475 e. The van der Waals surface area contributed by atoms with Gasteiger partial charge in [0.05, 0.1) is 0 Å². The van der Waals surface area contributed by atoms with Gasteiger partial charge in [0.1, 0.15) is 11.5 Å². The van der Waals surface area contributed by atoms with E-state index in [0.717, 1.165) is 12.0 Å². The quantitative estimate of drug-likeness (QED) is 0.622. The van der Waals surface area contributed by atoms with Crippen LogP contribution in [0.4, 0.5) is 0 Å². The van der Waals surface area contributed by atoms with E-state index in [1.165, 1.54) is 0 Å². The first kappa shape index (κ1) is 11.0. The van der Waals surface area contributed by atoms with Gasteiger partial charge in [0.2, 0.25) is 0 Å². The molecule has 0 saturated carbocycles. The van der Waals surface area contributed by atoms with Crippen molar-refractivity contribution in [3.8, 4) is 11.5 Å². The first-order valence-corrected chi connectivity index (χ1v) is 5.45. The van der Waals surface area contributed by atoms with Gasteiger partial charge in [-0.1, -0.05) is 13.0 Å². The fourth-order valence-electron chi connectivity index (χ4n) is 1.68. The Morgan fingerprint density at radius 3 is 3.19 bits per heavy atom. The highest BCUT2D eigenvalue weighted by Crippen LogP contribution is 2.31. The monoisotopic (exact) mass is 221 g/mol. The van der Waals surface area contributed by atoms with Gasteiger partial charge in [-0.05, 0) is 18.1 Å². The number of hydrogen-bond acceptors (Lipinski definition) is 4. The summed E-state index contributed by atoms with van der Waals surface area (Å²) in [6.07, 6.45) is 1.64. The molecule has 1 heterocycles. The third-order valence-corrected chi connectivity index (χ3v) is 2.42. The van der Waals surface area contributed by atoms with Gasteiger partial charge in [-0.3, -0.25) is 10.5 Å². The molecular formula is C12H15NO3. The van der Waals surface area contributed by atoms with Crippen LogP contribution in [-0.4, -0.2) is 12.2 Å². The molecule has 0 aliphatic carbocycles. The van der Waals surface area contributed by atoms with Crippen LogP contribution in [0.5, 0.6) is 11.5 Å². The van der Waals surface area contributed by atoms with Crippen LogP contribution in [0.1, 0.15) is 25.3 Å². The van der Waals surface area contributed by atoms with Crippen LogP contribution in [0.15, 0.2) is 18.2 Å². The van der Waals surface area contributed by atoms with Crippen LogP contribution < -0.4 is 15.2 Å². The fraction of sp³-hybridized carbons (Fsp3) is 0.417. The summed E-state index contributed by atoms with van der Waals surface area (Å²) in [5, 5.41) is 0. The van der Waals surface area contributed by atoms with Crippen LogP contribution in [0.2, 0.25) is 0 Å². The maximum atomic E-state index is 11.3. The third-order valence-electron chi connectivity index (χ3n) is 2.42. The lowest BCUT2D eigenvalue weighted by Crippen LogP contribution is -2.23. The highest BCUT2D eigenvalue weighted by molar-refractivity contribution is 5.72. The Labute approximate surface area is 94.3 Å². The average Bonchev–Trinajstić information content (AvgIpc) is 2.57. The average molecular weight is 221 g/mol. The Morgan fingerprint density at radius 2 is 2.44 bits per heavy atom. The van der Waals surface area contributed by atoms with Crippen molar-refractivity contribution in [2.24, 2.45) is 5.73 Å². The summed E-state index contributed by atoms with van der Waals surface area (Å²) in [4.78, 5) is 11.3. The molecule has 4 nitrogen and oxygen atoms in total. The number of nitrogens with two attached hydrogens (primary N) is 1. The molecule has 1 unspecified atom stereocenters. The molecule has 16 heavy (non-hydrogen) atoms. The van der Waals surface area contributed by atoms with Crippen molar-refractivity contribution in [1.29, 1.82) is 0 Å². The number of carbonyl (C=O) groups excluding carboxylic acids is 1. The first-order chi connectivity index (χ1) is 7.69. The number of ether oxygens (including phenoxy) is 2. The van der Waals surface area contributed by atoms with Crippen molar-refractivity contribution in [3.63, 3.8) is 0 Å². The van der Waals surface area contributed by atoms with Crippen LogP contribution in [0, 0.1) is 0 Å². The number of benzene rings is 1. The van der Waals surface area contributed by atoms with Crippen LogP contribution >= 0.6 is 0 Å². The second-order valence-electron chi connectivity index (χ2n) is 3.85. The molecule has 0 amide bonds. The van der Waals surface area contributed by atoms with Crippen molar-refractivity contribution in [2.75, 3.05) is 0 Å². The molecule has 0 aromatic heterocycles. The van der Waals surface area contributed by atoms with Gasteiger partial charge in [-0.25, -0.2) is 0 Å². The molecule has 1 aliphatic heterocycles. The number of carbonyl (C=O) groups is 1. The molecule has 2 N–H and O–H groups in total. The van der Waals surface area contributed by atoms with Crippen molar-refractivity contribution in [3.05, 3.63) is 23.8 Å². The third kappa shape index (κ3) is 2.33. The van der Waals surface area contributed by atoms with E-state index >= 15 is 0 Å². The lowest BCUT2D eigenvalue weighted by molar-refractivity contribution is -0.134. The highest BCUT2D eigenvalue weighted by atomic mass is 16.5. The Morgan fingerprint density at radius 1 is 1.62 bits per heavy atom. The minimum atomic E-state index is -0.281. The standard InChI is InChI=1S/C12H15NO3/c1-2-3-12(14)15-9-5-4-8-6-11(13)16-10(8)7-9/h4-5,7,11H,2-3,6,13H2,1H3. The van der Waals surface area contributed by atoms with Crippen molar-refractivity contribution in [1.82, 2.24) is 0 Å². The summed E-state index contributed by atoms with van der Waals surface area (Å²) in [6.45, 7) is 1.94. The van der Waals surface area contributed by atoms with Crippen LogP contribution in [-0.2, 0) is 11.2 Å². The van der Waals surface area contributed by atoms with E-state index in [1.807, 2.05) is 13.0 Å². The van der Waals surface area contributed by atoms with Gasteiger partial charge in [0.25, 0.3) is 0 Å². The summed E-state index contributed by atoms with van der Waals surface area (Å²) in [5.41, 5.74) is 6.71. The summed E-state index contributed by atoms with van der Waals surface area (Å²) in [6, 6.07) is 5.38. The molecule has 4 heteroatoms. The van der Waals surface area contributed by atoms with E-state index in [1.54, 1.807) is 12.1 Å². The first-order valence-electron chi connectivity index (χ1n) is 5.45. The number of fused-ring (bicyclic) bond motifs is 1. The predicted octanol–water partition coefficient (Wildman–Crippen LogP) is 1.61. The van der Waals surface area contributed by atoms with Crippen molar-refractivity contribution < 1.29 is 14.3 Å². The van der Waals surface area contributed by atoms with Crippen molar-refractivity contribution >= 4 is 5.97 Å². The minimum absolute atomic E-state index is 0.218.